The predicted octanol–water partition coefficient (Wildman–Crippen LogP) is 2.89. The largest absolute Gasteiger partial charge is 0.352 e. The van der Waals surface area contributed by atoms with E-state index in [-0.39, 0.29) is 5.56 Å². The Kier molecular flexibility index (Phi) is 2.81. The van der Waals surface area contributed by atoms with Gasteiger partial charge in [0.05, 0.1) is 5.39 Å². The summed E-state index contributed by atoms with van der Waals surface area (Å²) in [6, 6.07) is 18.7. The lowest BCUT2D eigenvalue weighted by Crippen LogP contribution is -2.12. The first-order valence-electron chi connectivity index (χ1n) is 7.70. The zero-order chi connectivity index (χ0) is 16.8. The van der Waals surface area contributed by atoms with Gasteiger partial charge in [0.15, 0.2) is 5.65 Å². The second kappa shape index (κ2) is 5.13. The summed E-state index contributed by atoms with van der Waals surface area (Å²) in [5.74, 6) is 0.824. The van der Waals surface area contributed by atoms with Crippen LogP contribution < -0.4 is 5.56 Å². The molecule has 0 unspecified atom stereocenters. The van der Waals surface area contributed by atoms with Gasteiger partial charge in [0.2, 0.25) is 11.6 Å². The summed E-state index contributed by atoms with van der Waals surface area (Å²) in [4.78, 5) is 12.3. The summed E-state index contributed by atoms with van der Waals surface area (Å²) in [5, 5.41) is 16.5. The van der Waals surface area contributed by atoms with E-state index in [1.807, 2.05) is 48.5 Å². The van der Waals surface area contributed by atoms with E-state index in [1.54, 1.807) is 12.1 Å². The van der Waals surface area contributed by atoms with Gasteiger partial charge in [0.25, 0.3) is 5.56 Å². The summed E-state index contributed by atoms with van der Waals surface area (Å²) in [6.45, 7) is 0. The van der Waals surface area contributed by atoms with Crippen molar-refractivity contribution in [2.75, 3.05) is 0 Å². The van der Waals surface area contributed by atoms with Crippen LogP contribution in [0.2, 0.25) is 0 Å². The van der Waals surface area contributed by atoms with Crippen LogP contribution in [0, 0.1) is 0 Å². The van der Waals surface area contributed by atoms with Crippen molar-refractivity contribution in [3.8, 4) is 22.8 Å². The molecule has 120 valence electrons. The normalized spacial score (nSPS) is 11.4. The fraction of sp³-hybridized carbons (Fsp3) is 0. The molecule has 0 aliphatic carbocycles. The van der Waals surface area contributed by atoms with Crippen LogP contribution in [0.25, 0.3) is 39.3 Å². The molecule has 7 nitrogen and oxygen atoms in total. The highest BCUT2D eigenvalue weighted by atomic mass is 16.5. The topological polar surface area (TPSA) is 89.1 Å². The van der Waals surface area contributed by atoms with Crippen LogP contribution >= 0.6 is 0 Å². The third kappa shape index (κ3) is 2.06. The lowest BCUT2D eigenvalue weighted by Gasteiger charge is -2.00. The van der Waals surface area contributed by atoms with Crippen LogP contribution in [-0.4, -0.2) is 25.0 Å². The molecule has 0 aliphatic rings. The molecule has 0 amide bonds. The predicted molar refractivity (Wildman–Crippen MR) is 92.0 cm³/mol. The molecule has 0 saturated carbocycles. The lowest BCUT2D eigenvalue weighted by atomic mass is 10.1. The molecule has 0 spiro atoms. The number of fused-ring (bicyclic) bond motifs is 3. The van der Waals surface area contributed by atoms with Gasteiger partial charge in [-0.05, 0) is 6.07 Å². The van der Waals surface area contributed by atoms with E-state index < -0.39 is 0 Å². The van der Waals surface area contributed by atoms with Crippen LogP contribution in [0.1, 0.15) is 0 Å². The van der Waals surface area contributed by atoms with Gasteiger partial charge in [-0.25, -0.2) is 4.52 Å². The number of hydrogen-bond donors (Lipinski definition) is 1. The molecule has 5 aromatic rings. The third-order valence-electron chi connectivity index (χ3n) is 4.09. The zero-order valence-electron chi connectivity index (χ0n) is 12.9. The Hall–Kier alpha value is -3.74. The van der Waals surface area contributed by atoms with Crippen molar-refractivity contribution in [3.63, 3.8) is 0 Å². The molecule has 0 bridgehead atoms. The Morgan fingerprint density at radius 1 is 0.920 bits per heavy atom. The first-order chi connectivity index (χ1) is 12.3. The van der Waals surface area contributed by atoms with Gasteiger partial charge in [-0.15, -0.1) is 10.2 Å². The molecule has 2 aromatic carbocycles. The Morgan fingerprint density at radius 2 is 1.68 bits per heavy atom. The molecule has 0 fully saturated rings. The number of nitrogens with zero attached hydrogens (tertiary/aromatic N) is 4. The second-order valence-corrected chi connectivity index (χ2v) is 5.61. The van der Waals surface area contributed by atoms with Crippen molar-refractivity contribution in [1.29, 1.82) is 0 Å². The maximum Gasteiger partial charge on any atom is 0.270 e. The SMILES string of the molecule is O=c1[nH]n2c(-c3cc(-c4ccccc4)no3)nnc2c2ccccc12. The van der Waals surface area contributed by atoms with E-state index in [0.29, 0.717) is 28.3 Å². The summed E-state index contributed by atoms with van der Waals surface area (Å²) < 4.78 is 6.96. The highest BCUT2D eigenvalue weighted by Gasteiger charge is 2.17. The lowest BCUT2D eigenvalue weighted by molar-refractivity contribution is 0.431. The molecule has 3 aromatic heterocycles. The van der Waals surface area contributed by atoms with Crippen LogP contribution in [0.4, 0.5) is 0 Å². The quantitative estimate of drug-likeness (QED) is 0.538. The van der Waals surface area contributed by atoms with Gasteiger partial charge in [0, 0.05) is 17.0 Å². The van der Waals surface area contributed by atoms with Crippen molar-refractivity contribution in [3.05, 3.63) is 71.0 Å². The first-order valence-corrected chi connectivity index (χ1v) is 7.70. The number of aromatic amines is 1. The third-order valence-corrected chi connectivity index (χ3v) is 4.09. The van der Waals surface area contributed by atoms with Crippen molar-refractivity contribution < 1.29 is 4.52 Å². The van der Waals surface area contributed by atoms with Crippen molar-refractivity contribution >= 4 is 16.4 Å². The standard InChI is InChI=1S/C18H11N5O2/c24-18-13-9-5-4-8-12(13)16-19-20-17(23(16)21-18)15-10-14(22-25-15)11-6-2-1-3-7-11/h1-10H,(H,21,24). The molecule has 3 heterocycles. The Morgan fingerprint density at radius 3 is 2.52 bits per heavy atom. The van der Waals surface area contributed by atoms with Gasteiger partial charge < -0.3 is 4.52 Å². The second-order valence-electron chi connectivity index (χ2n) is 5.61. The Labute approximate surface area is 140 Å². The smallest absolute Gasteiger partial charge is 0.270 e. The zero-order valence-corrected chi connectivity index (χ0v) is 12.9. The number of nitrogens with one attached hydrogen (secondary N) is 1. The monoisotopic (exact) mass is 329 g/mol. The molecule has 0 saturated heterocycles. The summed E-state index contributed by atoms with van der Waals surface area (Å²) >= 11 is 0. The number of aromatic nitrogens is 5. The maximum absolute atomic E-state index is 12.3. The molecule has 25 heavy (non-hydrogen) atoms. The van der Waals surface area contributed by atoms with E-state index >= 15 is 0 Å². The molecular weight excluding hydrogens is 318 g/mol. The van der Waals surface area contributed by atoms with Gasteiger partial charge in [-0.2, -0.15) is 0 Å². The van der Waals surface area contributed by atoms with Crippen molar-refractivity contribution in [2.45, 2.75) is 0 Å². The number of hydrogen-bond acceptors (Lipinski definition) is 5. The van der Waals surface area contributed by atoms with E-state index in [0.717, 1.165) is 10.9 Å². The minimum atomic E-state index is -0.216. The van der Waals surface area contributed by atoms with E-state index in [2.05, 4.69) is 20.5 Å². The molecular formula is C18H11N5O2. The summed E-state index contributed by atoms with van der Waals surface area (Å²) in [6.07, 6.45) is 0. The van der Waals surface area contributed by atoms with E-state index in [9.17, 15) is 4.79 Å². The minimum Gasteiger partial charge on any atom is -0.352 e. The highest BCUT2D eigenvalue weighted by molar-refractivity contribution is 5.93. The highest BCUT2D eigenvalue weighted by Crippen LogP contribution is 2.25. The Bertz CT molecular complexity index is 1270. The Balaban J connectivity index is 1.72. The minimum absolute atomic E-state index is 0.216. The fourth-order valence-electron chi connectivity index (χ4n) is 2.89. The molecule has 0 radical (unpaired) electrons. The number of H-pyrrole nitrogens is 1. The summed E-state index contributed by atoms with van der Waals surface area (Å²) in [7, 11) is 0. The molecule has 0 atom stereocenters. The van der Waals surface area contributed by atoms with Gasteiger partial charge in [0.1, 0.15) is 5.69 Å². The average molecular weight is 329 g/mol. The summed E-state index contributed by atoms with van der Waals surface area (Å²) in [5.41, 5.74) is 1.97. The van der Waals surface area contributed by atoms with Crippen LogP contribution in [0.15, 0.2) is 70.0 Å². The number of rotatable bonds is 2. The number of benzene rings is 2. The first kappa shape index (κ1) is 13.7. The molecule has 5 rings (SSSR count). The average Bonchev–Trinajstić information content (AvgIpc) is 3.29. The van der Waals surface area contributed by atoms with Crippen LogP contribution in [0.3, 0.4) is 0 Å². The van der Waals surface area contributed by atoms with Gasteiger partial charge in [-0.1, -0.05) is 53.7 Å². The van der Waals surface area contributed by atoms with Crippen LogP contribution in [0.5, 0.6) is 0 Å². The van der Waals surface area contributed by atoms with Crippen LogP contribution in [-0.2, 0) is 0 Å². The van der Waals surface area contributed by atoms with Gasteiger partial charge >= 0.3 is 0 Å². The molecule has 7 heteroatoms. The molecule has 0 aliphatic heterocycles. The molecule has 1 N–H and O–H groups in total. The van der Waals surface area contributed by atoms with E-state index in [1.165, 1.54) is 4.52 Å². The van der Waals surface area contributed by atoms with E-state index in [4.69, 9.17) is 4.52 Å². The fourth-order valence-corrected chi connectivity index (χ4v) is 2.89. The van der Waals surface area contributed by atoms with Crippen molar-refractivity contribution in [2.24, 2.45) is 0 Å². The van der Waals surface area contributed by atoms with Gasteiger partial charge in [-0.3, -0.25) is 9.89 Å². The van der Waals surface area contributed by atoms with Crippen molar-refractivity contribution in [1.82, 2.24) is 25.0 Å². The maximum atomic E-state index is 12.3.